The van der Waals surface area contributed by atoms with Gasteiger partial charge in [-0.15, -0.1) is 0 Å². The van der Waals surface area contributed by atoms with Crippen molar-refractivity contribution in [1.82, 2.24) is 35.6 Å². The van der Waals surface area contributed by atoms with Crippen LogP contribution in [0.3, 0.4) is 0 Å². The van der Waals surface area contributed by atoms with E-state index in [2.05, 4.69) is 21.3 Å². The van der Waals surface area contributed by atoms with Crippen LogP contribution < -0.4 is 26.4 Å². The smallest absolute Gasteiger partial charge is 0.430 e. The molecule has 0 radical (unpaired) electrons. The molecule has 18 nitrogen and oxygen atoms in total. The molecule has 0 spiro atoms. The number of alkyl halides is 3. The number of amides is 6. The molecule has 4 fully saturated rings. The SMILES string of the molecule is CC(C)(C)OC(=O)N1CCNC(=O)CC1.CN1CCN(C(=O)OC(C)(C)C)CCC1=O.CN1CC[NH2+]CCC1=O.O=C([O-])C(F)(F)F.O=C1CCNCCN1. The number of carboxylic acid groups (broad SMARTS) is 1. The van der Waals surface area contributed by atoms with Gasteiger partial charge in [-0.25, -0.2) is 9.59 Å². The Balaban J connectivity index is 0.000000689. The average Bonchev–Trinajstić information content (AvgIpc) is 3.57. The maximum Gasteiger partial charge on any atom is 0.430 e. The summed E-state index contributed by atoms with van der Waals surface area (Å²) >= 11 is 0. The highest BCUT2D eigenvalue weighted by Crippen LogP contribution is 2.13. The van der Waals surface area contributed by atoms with Gasteiger partial charge in [0.2, 0.25) is 23.6 Å². The molecule has 4 heterocycles. The number of carboxylic acids is 1. The van der Waals surface area contributed by atoms with Gasteiger partial charge in [0.25, 0.3) is 0 Å². The molecule has 5 N–H and O–H groups in total. The quantitative estimate of drug-likeness (QED) is 0.224. The van der Waals surface area contributed by atoms with Crippen LogP contribution in [0.2, 0.25) is 0 Å². The molecule has 0 unspecified atom stereocenters. The van der Waals surface area contributed by atoms with Gasteiger partial charge in [-0.1, -0.05) is 0 Å². The Morgan fingerprint density at radius 3 is 1.64 bits per heavy atom. The number of hydrogen-bond donors (Lipinski definition) is 4. The Morgan fingerprint density at radius 2 is 1.09 bits per heavy atom. The first kappa shape index (κ1) is 50.6. The molecule has 6 amide bonds. The fourth-order valence-corrected chi connectivity index (χ4v) is 4.39. The number of nitrogens with two attached hydrogens (primary N) is 1. The van der Waals surface area contributed by atoms with E-state index in [4.69, 9.17) is 19.4 Å². The molecule has 21 heteroatoms. The van der Waals surface area contributed by atoms with Gasteiger partial charge in [0, 0.05) is 92.3 Å². The summed E-state index contributed by atoms with van der Waals surface area (Å²) in [5, 5.41) is 19.5. The van der Waals surface area contributed by atoms with Gasteiger partial charge in [-0.2, -0.15) is 13.2 Å². The molecule has 4 aliphatic rings. The van der Waals surface area contributed by atoms with Crippen molar-refractivity contribution >= 4 is 41.8 Å². The number of quaternary nitrogens is 1. The van der Waals surface area contributed by atoms with Crippen LogP contribution in [-0.4, -0.2) is 171 Å². The van der Waals surface area contributed by atoms with Crippen molar-refractivity contribution in [1.29, 1.82) is 0 Å². The van der Waals surface area contributed by atoms with E-state index in [0.29, 0.717) is 65.0 Å². The maximum absolute atomic E-state index is 11.8. The molecule has 0 aromatic heterocycles. The number of nitrogens with zero attached hydrogens (tertiary/aromatic N) is 4. The minimum atomic E-state index is -5.19. The third-order valence-electron chi connectivity index (χ3n) is 7.38. The topological polar surface area (TPSA) is 227 Å². The summed E-state index contributed by atoms with van der Waals surface area (Å²) in [7, 11) is 3.61. The number of hydrogen-bond acceptors (Lipinski definition) is 11. The highest BCUT2D eigenvalue weighted by Gasteiger charge is 2.29. The first-order chi connectivity index (χ1) is 25.3. The zero-order valence-electron chi connectivity index (χ0n) is 33.4. The third kappa shape index (κ3) is 26.1. The molecule has 4 saturated heterocycles. The largest absolute Gasteiger partial charge is 0.542 e. The van der Waals surface area contributed by atoms with Crippen LogP contribution >= 0.6 is 0 Å². The maximum atomic E-state index is 11.8. The van der Waals surface area contributed by atoms with E-state index in [1.807, 2.05) is 48.6 Å². The summed E-state index contributed by atoms with van der Waals surface area (Å²) in [6, 6.07) is 0. The summed E-state index contributed by atoms with van der Waals surface area (Å²) < 4.78 is 42.0. The van der Waals surface area contributed by atoms with E-state index < -0.39 is 23.3 Å². The van der Waals surface area contributed by atoms with Gasteiger partial charge in [0.05, 0.1) is 26.1 Å². The first-order valence-corrected chi connectivity index (χ1v) is 18.1. The summed E-state index contributed by atoms with van der Waals surface area (Å²) in [5.74, 6) is -2.50. The lowest BCUT2D eigenvalue weighted by Crippen LogP contribution is -2.84. The lowest BCUT2D eigenvalue weighted by Gasteiger charge is -2.26. The number of halogens is 3. The number of ether oxygens (including phenoxy) is 2. The van der Waals surface area contributed by atoms with Crippen molar-refractivity contribution in [3.63, 3.8) is 0 Å². The van der Waals surface area contributed by atoms with Gasteiger partial charge in [-0.3, -0.25) is 19.2 Å². The molecule has 0 aromatic carbocycles. The third-order valence-corrected chi connectivity index (χ3v) is 7.38. The van der Waals surface area contributed by atoms with E-state index in [9.17, 15) is 41.9 Å². The van der Waals surface area contributed by atoms with Crippen molar-refractivity contribution in [2.24, 2.45) is 0 Å². The van der Waals surface area contributed by atoms with Crippen LogP contribution in [0.1, 0.15) is 67.2 Å². The summed E-state index contributed by atoms with van der Waals surface area (Å²) in [6.07, 6.45) is -3.83. The molecule has 55 heavy (non-hydrogen) atoms. The molecule has 0 aliphatic carbocycles. The molecular weight excluding hydrogens is 737 g/mol. The van der Waals surface area contributed by atoms with Gasteiger partial charge in [-0.05, 0) is 41.5 Å². The predicted molar refractivity (Wildman–Crippen MR) is 191 cm³/mol. The van der Waals surface area contributed by atoms with E-state index >= 15 is 0 Å². The van der Waals surface area contributed by atoms with E-state index in [0.717, 1.165) is 39.3 Å². The lowest BCUT2D eigenvalue weighted by atomic mass is 10.2. The van der Waals surface area contributed by atoms with Crippen LogP contribution in [0.5, 0.6) is 0 Å². The lowest BCUT2D eigenvalue weighted by molar-refractivity contribution is -0.651. The van der Waals surface area contributed by atoms with Crippen LogP contribution in [0.25, 0.3) is 0 Å². The number of carbonyl (C=O) groups is 7. The number of rotatable bonds is 0. The monoisotopic (exact) mass is 798 g/mol. The molecular formula is C34H61F3N8O10. The molecule has 0 bridgehead atoms. The van der Waals surface area contributed by atoms with Crippen LogP contribution in [0, 0.1) is 0 Å². The average molecular weight is 799 g/mol. The minimum Gasteiger partial charge on any atom is -0.542 e. The van der Waals surface area contributed by atoms with Crippen molar-refractivity contribution < 1.29 is 66.6 Å². The Hall–Kier alpha value is -4.40. The number of likely N-dealkylation sites (N-methyl/N-ethyl adjacent to an activating group) is 2. The second kappa shape index (κ2) is 24.9. The minimum absolute atomic E-state index is 0.0129. The Morgan fingerprint density at radius 1 is 0.618 bits per heavy atom. The Labute approximate surface area is 321 Å². The molecule has 0 atom stereocenters. The van der Waals surface area contributed by atoms with Crippen molar-refractivity contribution in [2.45, 2.75) is 84.6 Å². The fraction of sp³-hybridized carbons (Fsp3) is 0.794. The summed E-state index contributed by atoms with van der Waals surface area (Å²) in [4.78, 5) is 82.7. The van der Waals surface area contributed by atoms with E-state index in [1.54, 1.807) is 26.6 Å². The van der Waals surface area contributed by atoms with Gasteiger partial charge >= 0.3 is 18.4 Å². The number of nitrogens with one attached hydrogen (secondary N) is 3. The van der Waals surface area contributed by atoms with E-state index in [1.165, 1.54) is 0 Å². The number of carbonyl (C=O) groups excluding carboxylic acids is 7. The second-order valence-electron chi connectivity index (χ2n) is 14.7. The molecule has 318 valence electrons. The number of aliphatic carboxylic acids is 1. The zero-order valence-corrected chi connectivity index (χ0v) is 33.4. The molecule has 0 aromatic rings. The van der Waals surface area contributed by atoms with Crippen LogP contribution in [0.15, 0.2) is 0 Å². The normalized spacial score (nSPS) is 18.5. The van der Waals surface area contributed by atoms with Crippen molar-refractivity contribution in [3.05, 3.63) is 0 Å². The van der Waals surface area contributed by atoms with Crippen LogP contribution in [0.4, 0.5) is 22.8 Å². The van der Waals surface area contributed by atoms with Gasteiger partial charge in [0.15, 0.2) is 0 Å². The highest BCUT2D eigenvalue weighted by atomic mass is 19.4. The van der Waals surface area contributed by atoms with E-state index in [-0.39, 0.29) is 35.8 Å². The predicted octanol–water partition coefficient (Wildman–Crippen LogP) is -1.36. The molecule has 0 saturated carbocycles. The van der Waals surface area contributed by atoms with Gasteiger partial charge in [0.1, 0.15) is 17.2 Å². The zero-order chi connectivity index (χ0) is 42.4. The highest BCUT2D eigenvalue weighted by molar-refractivity contribution is 5.79. The van der Waals surface area contributed by atoms with Gasteiger partial charge < -0.3 is 60.2 Å². The fourth-order valence-electron chi connectivity index (χ4n) is 4.39. The molecule has 4 aliphatic heterocycles. The first-order valence-electron chi connectivity index (χ1n) is 18.1. The van der Waals surface area contributed by atoms with Crippen molar-refractivity contribution in [2.75, 3.05) is 92.6 Å². The standard InChI is InChI=1S/C11H20N2O3.C10H18N2O3.C6H12N2O.C5H10N2O.C2HF3O2/c1-11(2,3)16-10(15)13-6-5-9(14)12(4)7-8-13;1-10(2,3)15-9(14)12-6-4-8(13)11-5-7-12;1-8-5-4-7-3-2-6(8)9;8-5-1-2-6-3-4-7-5;3-2(4,5)1(6)7/h5-8H2,1-4H3;4-7H2,1-3H3,(H,11,13);7H,2-5H2,1H3;6H,1-4H2,(H,7,8);(H,6,7). The Kier molecular flexibility index (Phi) is 22.9. The van der Waals surface area contributed by atoms with Crippen molar-refractivity contribution in [3.8, 4) is 0 Å². The molecule has 4 rings (SSSR count). The summed E-state index contributed by atoms with van der Waals surface area (Å²) in [6.45, 7) is 19.4. The Bertz CT molecular complexity index is 1250. The summed E-state index contributed by atoms with van der Waals surface area (Å²) in [5.41, 5.74) is -0.972. The van der Waals surface area contributed by atoms with Crippen LogP contribution in [-0.2, 0) is 33.4 Å². The second-order valence-corrected chi connectivity index (χ2v) is 14.7.